The van der Waals surface area contributed by atoms with Gasteiger partial charge in [-0.3, -0.25) is 4.79 Å². The van der Waals surface area contributed by atoms with E-state index in [4.69, 9.17) is 9.84 Å². The highest BCUT2D eigenvalue weighted by Gasteiger charge is 2.24. The molecule has 1 amide bonds. The summed E-state index contributed by atoms with van der Waals surface area (Å²) in [5, 5.41) is 21.0. The van der Waals surface area contributed by atoms with Crippen molar-refractivity contribution in [2.45, 2.75) is 44.2 Å². The first-order valence-electron chi connectivity index (χ1n) is 9.50. The third kappa shape index (κ3) is 5.41. The standard InChI is InChI=1S/C21H25NO5S/c23-12-2-1-3-14-4-6-15(7-5-14)20(17-9-10-18(28-17)21(25)26)27-13-16-8-11-19(24)22-16/h4-7,9-10,16,20,23H,1-3,8,11-13H2,(H,22,24)(H,25,26)/t16-,20?/m1/s1. The number of hydrogen-bond donors (Lipinski definition) is 3. The van der Waals surface area contributed by atoms with E-state index in [2.05, 4.69) is 5.32 Å². The molecular formula is C21H25NO5S. The minimum absolute atomic E-state index is 0.00772. The van der Waals surface area contributed by atoms with Crippen molar-refractivity contribution >= 4 is 23.2 Å². The molecule has 1 fully saturated rings. The van der Waals surface area contributed by atoms with Crippen molar-refractivity contribution < 1.29 is 24.5 Å². The van der Waals surface area contributed by atoms with E-state index in [1.807, 2.05) is 24.3 Å². The van der Waals surface area contributed by atoms with E-state index in [0.717, 1.165) is 36.1 Å². The van der Waals surface area contributed by atoms with Crippen molar-refractivity contribution in [1.82, 2.24) is 5.32 Å². The predicted octanol–water partition coefficient (Wildman–Crippen LogP) is 3.15. The second-order valence-electron chi connectivity index (χ2n) is 6.95. The smallest absolute Gasteiger partial charge is 0.345 e. The minimum Gasteiger partial charge on any atom is -0.477 e. The molecule has 6 nitrogen and oxygen atoms in total. The average molecular weight is 404 g/mol. The first-order valence-corrected chi connectivity index (χ1v) is 10.3. The molecule has 0 radical (unpaired) electrons. The van der Waals surface area contributed by atoms with Crippen LogP contribution in [-0.4, -0.2) is 41.3 Å². The van der Waals surface area contributed by atoms with Crippen LogP contribution in [0, 0.1) is 0 Å². The molecule has 2 heterocycles. The van der Waals surface area contributed by atoms with Crippen LogP contribution < -0.4 is 5.32 Å². The maximum absolute atomic E-state index is 11.4. The second kappa shape index (κ2) is 9.82. The Labute approximate surface area is 168 Å². The molecule has 150 valence electrons. The Morgan fingerprint density at radius 2 is 2.00 bits per heavy atom. The van der Waals surface area contributed by atoms with Gasteiger partial charge in [0.15, 0.2) is 0 Å². The summed E-state index contributed by atoms with van der Waals surface area (Å²) in [6, 6.07) is 11.5. The van der Waals surface area contributed by atoms with Gasteiger partial charge < -0.3 is 20.3 Å². The number of rotatable bonds is 10. The monoisotopic (exact) mass is 403 g/mol. The largest absolute Gasteiger partial charge is 0.477 e. The summed E-state index contributed by atoms with van der Waals surface area (Å²) < 4.78 is 6.15. The number of benzene rings is 1. The number of thiophene rings is 1. The molecule has 1 unspecified atom stereocenters. The molecule has 0 saturated carbocycles. The van der Waals surface area contributed by atoms with Gasteiger partial charge >= 0.3 is 5.97 Å². The van der Waals surface area contributed by atoms with Crippen LogP contribution in [0.3, 0.4) is 0 Å². The lowest BCUT2D eigenvalue weighted by Gasteiger charge is -2.20. The van der Waals surface area contributed by atoms with Crippen molar-refractivity contribution in [3.8, 4) is 0 Å². The van der Waals surface area contributed by atoms with Gasteiger partial charge in [-0.2, -0.15) is 0 Å². The number of hydrogen-bond acceptors (Lipinski definition) is 5. The molecule has 3 rings (SSSR count). The topological polar surface area (TPSA) is 95.9 Å². The normalized spacial score (nSPS) is 17.5. The summed E-state index contributed by atoms with van der Waals surface area (Å²) >= 11 is 1.21. The van der Waals surface area contributed by atoms with Crippen molar-refractivity contribution in [2.24, 2.45) is 0 Å². The number of carboxylic acids is 1. The number of aliphatic hydroxyl groups is 1. The number of carbonyl (C=O) groups is 2. The van der Waals surface area contributed by atoms with Gasteiger partial charge in [-0.1, -0.05) is 24.3 Å². The van der Waals surface area contributed by atoms with Crippen LogP contribution in [0.1, 0.15) is 57.5 Å². The molecule has 1 aliphatic rings. The van der Waals surface area contributed by atoms with E-state index in [-0.39, 0.29) is 29.5 Å². The van der Waals surface area contributed by atoms with E-state index < -0.39 is 5.97 Å². The van der Waals surface area contributed by atoms with Crippen LogP contribution in [0.4, 0.5) is 0 Å². The third-order valence-corrected chi connectivity index (χ3v) is 5.92. The van der Waals surface area contributed by atoms with Crippen LogP contribution in [0.25, 0.3) is 0 Å². The zero-order valence-corrected chi connectivity index (χ0v) is 16.4. The summed E-state index contributed by atoms with van der Waals surface area (Å²) in [6.45, 7) is 0.588. The Kier molecular flexibility index (Phi) is 7.19. The molecule has 28 heavy (non-hydrogen) atoms. The molecule has 1 saturated heterocycles. The van der Waals surface area contributed by atoms with Gasteiger partial charge in [-0.05, 0) is 48.9 Å². The molecule has 1 aromatic heterocycles. The molecule has 2 atom stereocenters. The number of carboxylic acid groups (broad SMARTS) is 1. The molecule has 0 bridgehead atoms. The molecular weight excluding hydrogens is 378 g/mol. The van der Waals surface area contributed by atoms with Crippen molar-refractivity contribution in [3.63, 3.8) is 0 Å². The van der Waals surface area contributed by atoms with Crippen LogP contribution in [0.15, 0.2) is 36.4 Å². The molecule has 3 N–H and O–H groups in total. The Hall–Kier alpha value is -2.22. The first kappa shape index (κ1) is 20.5. The zero-order valence-electron chi connectivity index (χ0n) is 15.6. The number of aliphatic hydroxyl groups excluding tert-OH is 1. The average Bonchev–Trinajstić information content (AvgIpc) is 3.33. The fraction of sp³-hybridized carbons (Fsp3) is 0.429. The number of aryl methyl sites for hydroxylation is 1. The van der Waals surface area contributed by atoms with Crippen molar-refractivity contribution in [3.05, 3.63) is 57.3 Å². The fourth-order valence-corrected chi connectivity index (χ4v) is 4.19. The molecule has 7 heteroatoms. The van der Waals surface area contributed by atoms with Gasteiger partial charge in [0.25, 0.3) is 0 Å². The van der Waals surface area contributed by atoms with Crippen LogP contribution in [-0.2, 0) is 16.0 Å². The van der Waals surface area contributed by atoms with E-state index in [9.17, 15) is 14.7 Å². The Bertz CT molecular complexity index is 801. The summed E-state index contributed by atoms with van der Waals surface area (Å²) in [5.41, 5.74) is 2.14. The van der Waals surface area contributed by atoms with E-state index in [0.29, 0.717) is 13.0 Å². The number of ether oxygens (including phenoxy) is 1. The van der Waals surface area contributed by atoms with E-state index >= 15 is 0 Å². The highest BCUT2D eigenvalue weighted by molar-refractivity contribution is 7.14. The number of amides is 1. The summed E-state index contributed by atoms with van der Waals surface area (Å²) in [5.74, 6) is -0.904. The molecule has 2 aromatic rings. The quantitative estimate of drug-likeness (QED) is 0.530. The highest BCUT2D eigenvalue weighted by atomic mass is 32.1. The molecule has 1 aliphatic heterocycles. The maximum Gasteiger partial charge on any atom is 0.345 e. The summed E-state index contributed by atoms with van der Waals surface area (Å²) in [6.07, 6.45) is 3.52. The number of unbranched alkanes of at least 4 members (excludes halogenated alkanes) is 1. The predicted molar refractivity (Wildman–Crippen MR) is 107 cm³/mol. The van der Waals surface area contributed by atoms with Gasteiger partial charge in [0, 0.05) is 17.9 Å². The van der Waals surface area contributed by atoms with E-state index in [1.165, 1.54) is 16.9 Å². The van der Waals surface area contributed by atoms with Crippen LogP contribution >= 0.6 is 11.3 Å². The van der Waals surface area contributed by atoms with Gasteiger partial charge in [0.2, 0.25) is 5.91 Å². The Morgan fingerprint density at radius 3 is 2.61 bits per heavy atom. The Balaban J connectivity index is 1.74. The first-order chi connectivity index (χ1) is 13.6. The van der Waals surface area contributed by atoms with Gasteiger partial charge in [0.05, 0.1) is 12.6 Å². The van der Waals surface area contributed by atoms with Crippen molar-refractivity contribution in [1.29, 1.82) is 0 Å². The van der Waals surface area contributed by atoms with Crippen LogP contribution in [0.5, 0.6) is 0 Å². The number of nitrogens with one attached hydrogen (secondary N) is 1. The lowest BCUT2D eigenvalue weighted by Crippen LogP contribution is -2.30. The SMILES string of the molecule is O=C1CC[C@H](COC(c2ccc(CCCCO)cc2)c2ccc(C(=O)O)s2)N1. The summed E-state index contributed by atoms with van der Waals surface area (Å²) in [4.78, 5) is 23.8. The lowest BCUT2D eigenvalue weighted by molar-refractivity contribution is -0.119. The molecule has 0 aliphatic carbocycles. The fourth-order valence-electron chi connectivity index (χ4n) is 3.27. The van der Waals surface area contributed by atoms with Gasteiger partial charge in [0.1, 0.15) is 11.0 Å². The summed E-state index contributed by atoms with van der Waals surface area (Å²) in [7, 11) is 0. The van der Waals surface area contributed by atoms with Crippen molar-refractivity contribution in [2.75, 3.05) is 13.2 Å². The van der Waals surface area contributed by atoms with Gasteiger partial charge in [-0.25, -0.2) is 4.79 Å². The van der Waals surface area contributed by atoms with E-state index in [1.54, 1.807) is 12.1 Å². The Morgan fingerprint density at radius 1 is 1.21 bits per heavy atom. The minimum atomic E-state index is -0.947. The highest BCUT2D eigenvalue weighted by Crippen LogP contribution is 2.32. The van der Waals surface area contributed by atoms with Crippen LogP contribution in [0.2, 0.25) is 0 Å². The maximum atomic E-state index is 11.4. The third-order valence-electron chi connectivity index (χ3n) is 4.80. The number of aromatic carboxylic acids is 1. The molecule has 0 spiro atoms. The number of carbonyl (C=O) groups excluding carboxylic acids is 1. The lowest BCUT2D eigenvalue weighted by atomic mass is 10.0. The molecule has 1 aromatic carbocycles. The zero-order chi connectivity index (χ0) is 19.9. The second-order valence-corrected chi connectivity index (χ2v) is 8.06. The van der Waals surface area contributed by atoms with Gasteiger partial charge in [-0.15, -0.1) is 11.3 Å².